The molecule has 2 rings (SSSR count). The Labute approximate surface area is 124 Å². The summed E-state index contributed by atoms with van der Waals surface area (Å²) in [5.74, 6) is 0. The van der Waals surface area contributed by atoms with E-state index >= 15 is 0 Å². The van der Waals surface area contributed by atoms with Crippen LogP contribution in [0.1, 0.15) is 31.0 Å². The number of nitrogens with zero attached hydrogens (tertiary/aromatic N) is 2. The smallest absolute Gasteiger partial charge is 0.0446 e. The van der Waals surface area contributed by atoms with Gasteiger partial charge in [-0.15, -0.1) is 0 Å². The Morgan fingerprint density at radius 3 is 2.40 bits per heavy atom. The summed E-state index contributed by atoms with van der Waals surface area (Å²) in [6.45, 7) is 11.3. The Morgan fingerprint density at radius 1 is 1.20 bits per heavy atom. The van der Waals surface area contributed by atoms with Gasteiger partial charge in [0.25, 0.3) is 0 Å². The van der Waals surface area contributed by atoms with Gasteiger partial charge in [-0.3, -0.25) is 9.80 Å². The first kappa shape index (κ1) is 15.5. The van der Waals surface area contributed by atoms with Crippen LogP contribution in [0.25, 0.3) is 0 Å². The van der Waals surface area contributed by atoms with E-state index in [9.17, 15) is 0 Å². The van der Waals surface area contributed by atoms with Crippen molar-refractivity contribution in [1.82, 2.24) is 15.1 Å². The normalized spacial score (nSPS) is 21.9. The van der Waals surface area contributed by atoms with Gasteiger partial charge in [0, 0.05) is 37.8 Å². The molecular weight excluding hydrogens is 246 g/mol. The molecule has 1 aliphatic heterocycles. The van der Waals surface area contributed by atoms with Gasteiger partial charge in [-0.05, 0) is 40.4 Å². The largest absolute Gasteiger partial charge is 0.312 e. The summed E-state index contributed by atoms with van der Waals surface area (Å²) >= 11 is 0. The summed E-state index contributed by atoms with van der Waals surface area (Å²) in [6.07, 6.45) is 0. The molecule has 0 spiro atoms. The topological polar surface area (TPSA) is 18.5 Å². The van der Waals surface area contributed by atoms with Crippen LogP contribution in [0.15, 0.2) is 24.3 Å². The molecule has 0 amide bonds. The minimum atomic E-state index is 0.268. The van der Waals surface area contributed by atoms with Gasteiger partial charge in [0.1, 0.15) is 0 Å². The van der Waals surface area contributed by atoms with Crippen LogP contribution in [0, 0.1) is 6.92 Å². The summed E-state index contributed by atoms with van der Waals surface area (Å²) in [5.41, 5.74) is 2.98. The molecule has 0 saturated carbocycles. The molecular formula is C17H29N3. The van der Waals surface area contributed by atoms with E-state index in [2.05, 4.69) is 74.2 Å². The fraction of sp³-hybridized carbons (Fsp3) is 0.647. The second-order valence-corrected chi connectivity index (χ2v) is 6.72. The summed E-state index contributed by atoms with van der Waals surface area (Å²) in [4.78, 5) is 5.05. The van der Waals surface area contributed by atoms with Gasteiger partial charge in [-0.2, -0.15) is 0 Å². The van der Waals surface area contributed by atoms with E-state index < -0.39 is 0 Å². The van der Waals surface area contributed by atoms with Gasteiger partial charge in [0.05, 0.1) is 0 Å². The molecule has 1 atom stereocenters. The van der Waals surface area contributed by atoms with Crippen molar-refractivity contribution in [2.45, 2.75) is 32.4 Å². The minimum absolute atomic E-state index is 0.268. The second kappa shape index (κ2) is 6.25. The fourth-order valence-corrected chi connectivity index (χ4v) is 2.92. The molecule has 1 saturated heterocycles. The molecule has 0 aromatic heterocycles. The Hall–Kier alpha value is -0.900. The standard InChI is InChI=1S/C17H29N3/c1-14-6-8-15(9-7-14)16(18-4)12-20-11-10-19(5)17(2,3)13-20/h6-9,16,18H,10-13H2,1-5H3. The maximum Gasteiger partial charge on any atom is 0.0446 e. The number of nitrogens with one attached hydrogen (secondary N) is 1. The number of hydrogen-bond acceptors (Lipinski definition) is 3. The Kier molecular flexibility index (Phi) is 4.84. The van der Waals surface area contributed by atoms with Crippen LogP contribution in [0.2, 0.25) is 0 Å². The molecule has 1 unspecified atom stereocenters. The van der Waals surface area contributed by atoms with Crippen molar-refractivity contribution in [3.05, 3.63) is 35.4 Å². The van der Waals surface area contributed by atoms with Crippen LogP contribution in [0.5, 0.6) is 0 Å². The maximum absolute atomic E-state index is 3.47. The van der Waals surface area contributed by atoms with Crippen LogP contribution in [0.3, 0.4) is 0 Å². The molecule has 1 aromatic carbocycles. The quantitative estimate of drug-likeness (QED) is 0.909. The lowest BCUT2D eigenvalue weighted by Gasteiger charge is -2.46. The van der Waals surface area contributed by atoms with Gasteiger partial charge in [0.15, 0.2) is 0 Å². The molecule has 112 valence electrons. The molecule has 1 aromatic rings. The highest BCUT2D eigenvalue weighted by molar-refractivity contribution is 5.24. The Bertz CT molecular complexity index is 424. The van der Waals surface area contributed by atoms with Crippen molar-refractivity contribution >= 4 is 0 Å². The van der Waals surface area contributed by atoms with E-state index in [-0.39, 0.29) is 5.54 Å². The SMILES string of the molecule is CNC(CN1CCN(C)C(C)(C)C1)c1ccc(C)cc1. The van der Waals surface area contributed by atoms with E-state index in [0.29, 0.717) is 6.04 Å². The average molecular weight is 275 g/mol. The van der Waals surface area contributed by atoms with Gasteiger partial charge in [-0.25, -0.2) is 0 Å². The third-order valence-electron chi connectivity index (χ3n) is 4.66. The molecule has 0 bridgehead atoms. The van der Waals surface area contributed by atoms with Gasteiger partial charge in [0.2, 0.25) is 0 Å². The number of hydrogen-bond donors (Lipinski definition) is 1. The summed E-state index contributed by atoms with van der Waals surface area (Å²) < 4.78 is 0. The Balaban J connectivity index is 2.02. The maximum atomic E-state index is 3.47. The third-order valence-corrected chi connectivity index (χ3v) is 4.66. The summed E-state index contributed by atoms with van der Waals surface area (Å²) in [5, 5.41) is 3.47. The first-order valence-electron chi connectivity index (χ1n) is 7.60. The van der Waals surface area contributed by atoms with Crippen LogP contribution in [0.4, 0.5) is 0 Å². The van der Waals surface area contributed by atoms with Crippen LogP contribution in [-0.2, 0) is 0 Å². The lowest BCUT2D eigenvalue weighted by atomic mass is 9.98. The number of rotatable bonds is 4. The highest BCUT2D eigenvalue weighted by Crippen LogP contribution is 2.22. The van der Waals surface area contributed by atoms with E-state index in [4.69, 9.17) is 0 Å². The van der Waals surface area contributed by atoms with Crippen LogP contribution < -0.4 is 5.32 Å². The van der Waals surface area contributed by atoms with Crippen LogP contribution >= 0.6 is 0 Å². The highest BCUT2D eigenvalue weighted by Gasteiger charge is 2.31. The van der Waals surface area contributed by atoms with E-state index in [0.717, 1.165) is 26.2 Å². The van der Waals surface area contributed by atoms with Crippen molar-refractivity contribution in [3.8, 4) is 0 Å². The molecule has 0 radical (unpaired) electrons. The zero-order chi connectivity index (χ0) is 14.8. The predicted octanol–water partition coefficient (Wildman–Crippen LogP) is 2.28. The molecule has 1 aliphatic rings. The molecule has 20 heavy (non-hydrogen) atoms. The molecule has 0 aliphatic carbocycles. The number of benzene rings is 1. The molecule has 1 heterocycles. The van der Waals surface area contributed by atoms with Crippen molar-refractivity contribution < 1.29 is 0 Å². The van der Waals surface area contributed by atoms with Gasteiger partial charge < -0.3 is 5.32 Å². The third kappa shape index (κ3) is 3.60. The molecule has 3 heteroatoms. The lowest BCUT2D eigenvalue weighted by Crippen LogP contribution is -2.58. The lowest BCUT2D eigenvalue weighted by molar-refractivity contribution is 0.0355. The first-order chi connectivity index (χ1) is 9.42. The highest BCUT2D eigenvalue weighted by atomic mass is 15.3. The second-order valence-electron chi connectivity index (χ2n) is 6.72. The number of aryl methyl sites for hydroxylation is 1. The van der Waals surface area contributed by atoms with Gasteiger partial charge >= 0.3 is 0 Å². The van der Waals surface area contributed by atoms with Crippen molar-refractivity contribution in [3.63, 3.8) is 0 Å². The fourth-order valence-electron chi connectivity index (χ4n) is 2.92. The average Bonchev–Trinajstić information content (AvgIpc) is 2.41. The number of piperazine rings is 1. The van der Waals surface area contributed by atoms with Gasteiger partial charge in [-0.1, -0.05) is 29.8 Å². The summed E-state index contributed by atoms with van der Waals surface area (Å²) in [7, 11) is 4.29. The molecule has 1 N–H and O–H groups in total. The minimum Gasteiger partial charge on any atom is -0.312 e. The monoisotopic (exact) mass is 275 g/mol. The zero-order valence-electron chi connectivity index (χ0n) is 13.6. The predicted molar refractivity (Wildman–Crippen MR) is 86.1 cm³/mol. The van der Waals surface area contributed by atoms with E-state index in [1.165, 1.54) is 11.1 Å². The zero-order valence-corrected chi connectivity index (χ0v) is 13.6. The first-order valence-corrected chi connectivity index (χ1v) is 7.60. The van der Waals surface area contributed by atoms with E-state index in [1.54, 1.807) is 0 Å². The Morgan fingerprint density at radius 2 is 1.85 bits per heavy atom. The van der Waals surface area contributed by atoms with Crippen molar-refractivity contribution in [1.29, 1.82) is 0 Å². The van der Waals surface area contributed by atoms with Crippen molar-refractivity contribution in [2.75, 3.05) is 40.3 Å². The van der Waals surface area contributed by atoms with Crippen molar-refractivity contribution in [2.24, 2.45) is 0 Å². The molecule has 1 fully saturated rings. The van der Waals surface area contributed by atoms with Crippen LogP contribution in [-0.4, -0.2) is 55.6 Å². The summed E-state index contributed by atoms with van der Waals surface area (Å²) in [6, 6.07) is 9.31. The molecule has 3 nitrogen and oxygen atoms in total. The van der Waals surface area contributed by atoms with E-state index in [1.807, 2.05) is 0 Å². The number of likely N-dealkylation sites (N-methyl/N-ethyl adjacent to an activating group) is 2.